The Morgan fingerprint density at radius 1 is 1.26 bits per heavy atom. The third kappa shape index (κ3) is 4.36. The largest absolute Gasteiger partial charge is 0.350 e. The van der Waals surface area contributed by atoms with E-state index in [0.717, 1.165) is 42.1 Å². The van der Waals surface area contributed by atoms with Gasteiger partial charge in [-0.25, -0.2) is 9.37 Å². The van der Waals surface area contributed by atoms with Crippen LogP contribution in [0.3, 0.4) is 0 Å². The summed E-state index contributed by atoms with van der Waals surface area (Å²) < 4.78 is 16.0. The summed E-state index contributed by atoms with van der Waals surface area (Å²) in [5.41, 5.74) is 1.55. The van der Waals surface area contributed by atoms with Gasteiger partial charge in [0.05, 0.1) is 11.9 Å². The van der Waals surface area contributed by atoms with Crippen LogP contribution in [0.25, 0.3) is 0 Å². The molecule has 0 saturated heterocycles. The molecular weight excluding hydrogens is 397 g/mol. The van der Waals surface area contributed by atoms with Crippen molar-refractivity contribution in [3.8, 4) is 0 Å². The molecule has 8 nitrogen and oxygen atoms in total. The first-order valence-corrected chi connectivity index (χ1v) is 11.0. The van der Waals surface area contributed by atoms with Crippen molar-refractivity contribution >= 4 is 23.4 Å². The van der Waals surface area contributed by atoms with E-state index >= 15 is 0 Å². The lowest BCUT2D eigenvalue weighted by Crippen LogP contribution is -2.49. The zero-order chi connectivity index (χ0) is 22.3. The molecule has 2 aromatic rings. The van der Waals surface area contributed by atoms with Gasteiger partial charge in [-0.15, -0.1) is 0 Å². The van der Waals surface area contributed by atoms with Crippen LogP contribution in [0.2, 0.25) is 0 Å². The summed E-state index contributed by atoms with van der Waals surface area (Å²) in [5.74, 6) is 1.79. The highest BCUT2D eigenvalue weighted by atomic mass is 19.1. The van der Waals surface area contributed by atoms with Gasteiger partial charge in [0.1, 0.15) is 17.4 Å². The lowest BCUT2D eigenvalue weighted by Gasteiger charge is -2.37. The van der Waals surface area contributed by atoms with Gasteiger partial charge < -0.3 is 15.1 Å². The number of anilines is 3. The number of fused-ring (bicyclic) bond motifs is 1. The number of hydrogen-bond acceptors (Lipinski definition) is 6. The molecular formula is C22H32FN7O. The Labute approximate surface area is 182 Å². The first-order valence-electron chi connectivity index (χ1n) is 11.0. The molecule has 31 heavy (non-hydrogen) atoms. The number of aromatic nitrogens is 4. The second-order valence-corrected chi connectivity index (χ2v) is 9.27. The van der Waals surface area contributed by atoms with Crippen LogP contribution < -0.4 is 15.1 Å². The number of carbonyl (C=O) groups is 1. The van der Waals surface area contributed by atoms with E-state index in [9.17, 15) is 9.18 Å². The van der Waals surface area contributed by atoms with E-state index in [1.54, 1.807) is 18.9 Å². The molecule has 3 heterocycles. The minimum atomic E-state index is -1.00. The molecule has 1 saturated carbocycles. The van der Waals surface area contributed by atoms with Gasteiger partial charge in [-0.1, -0.05) is 0 Å². The van der Waals surface area contributed by atoms with E-state index in [1.807, 2.05) is 42.9 Å². The summed E-state index contributed by atoms with van der Waals surface area (Å²) in [6.07, 6.45) is 6.97. The molecule has 0 aromatic carbocycles. The number of aryl methyl sites for hydroxylation is 1. The van der Waals surface area contributed by atoms with Crippen LogP contribution in [-0.2, 0) is 17.9 Å². The van der Waals surface area contributed by atoms with Gasteiger partial charge >= 0.3 is 0 Å². The molecule has 1 unspecified atom stereocenters. The number of alkyl halides is 1. The third-order valence-corrected chi connectivity index (χ3v) is 6.71. The lowest BCUT2D eigenvalue weighted by atomic mass is 9.81. The number of rotatable bonds is 5. The van der Waals surface area contributed by atoms with Crippen molar-refractivity contribution in [2.24, 2.45) is 5.92 Å². The van der Waals surface area contributed by atoms with E-state index in [1.165, 1.54) is 0 Å². The van der Waals surface area contributed by atoms with Crippen molar-refractivity contribution in [1.29, 1.82) is 0 Å². The minimum Gasteiger partial charge on any atom is -0.350 e. The molecule has 1 aliphatic heterocycles. The van der Waals surface area contributed by atoms with Gasteiger partial charge in [-0.3, -0.25) is 9.48 Å². The summed E-state index contributed by atoms with van der Waals surface area (Å²) in [4.78, 5) is 25.2. The molecule has 0 radical (unpaired) electrons. The molecule has 1 N–H and O–H groups in total. The van der Waals surface area contributed by atoms with Gasteiger partial charge in [-0.2, -0.15) is 10.1 Å². The zero-order valence-corrected chi connectivity index (χ0v) is 19.0. The Bertz CT molecular complexity index is 963. The first-order chi connectivity index (χ1) is 14.6. The van der Waals surface area contributed by atoms with E-state index < -0.39 is 5.67 Å². The van der Waals surface area contributed by atoms with Gasteiger partial charge in [-0.05, 0) is 52.4 Å². The summed E-state index contributed by atoms with van der Waals surface area (Å²) in [6.45, 7) is 6.86. The highest BCUT2D eigenvalue weighted by Crippen LogP contribution is 2.36. The molecule has 9 heteroatoms. The topological polar surface area (TPSA) is 79.2 Å². The molecule has 1 atom stereocenters. The molecule has 168 valence electrons. The fraction of sp³-hybridized carbons (Fsp3) is 0.636. The van der Waals surface area contributed by atoms with Crippen LogP contribution in [0.5, 0.6) is 0 Å². The number of hydrogen-bond donors (Lipinski definition) is 1. The van der Waals surface area contributed by atoms with E-state index in [4.69, 9.17) is 0 Å². The predicted octanol–water partition coefficient (Wildman–Crippen LogP) is 3.31. The van der Waals surface area contributed by atoms with Crippen molar-refractivity contribution < 1.29 is 9.18 Å². The van der Waals surface area contributed by atoms with Gasteiger partial charge in [0.25, 0.3) is 0 Å². The fourth-order valence-corrected chi connectivity index (χ4v) is 4.51. The third-order valence-electron chi connectivity index (χ3n) is 6.71. The number of nitrogens with one attached hydrogen (secondary N) is 1. The second-order valence-electron chi connectivity index (χ2n) is 9.27. The monoisotopic (exact) mass is 429 g/mol. The maximum absolute atomic E-state index is 14.0. The highest BCUT2D eigenvalue weighted by molar-refractivity contribution is 6.04. The quantitative estimate of drug-likeness (QED) is 0.786. The van der Waals surface area contributed by atoms with Crippen molar-refractivity contribution in [1.82, 2.24) is 19.7 Å². The maximum atomic E-state index is 14.0. The molecule has 0 bridgehead atoms. The fourth-order valence-electron chi connectivity index (χ4n) is 4.51. The molecule has 0 spiro atoms. The van der Waals surface area contributed by atoms with Crippen LogP contribution in [0.4, 0.5) is 21.8 Å². The normalized spacial score (nSPS) is 26.2. The number of nitrogens with zero attached hydrogens (tertiary/aromatic N) is 6. The average Bonchev–Trinajstić information content (AvgIpc) is 3.17. The van der Waals surface area contributed by atoms with Crippen molar-refractivity contribution in [2.45, 2.75) is 71.3 Å². The first kappa shape index (κ1) is 21.5. The smallest absolute Gasteiger partial charge is 0.249 e. The van der Waals surface area contributed by atoms with Crippen LogP contribution in [0, 0.1) is 12.8 Å². The van der Waals surface area contributed by atoms with E-state index in [0.29, 0.717) is 31.3 Å². The van der Waals surface area contributed by atoms with Gasteiger partial charge in [0.15, 0.2) is 5.82 Å². The molecule has 1 fully saturated rings. The predicted molar refractivity (Wildman–Crippen MR) is 119 cm³/mol. The number of halogens is 1. The highest BCUT2D eigenvalue weighted by Gasteiger charge is 2.34. The Morgan fingerprint density at radius 3 is 2.68 bits per heavy atom. The number of amides is 1. The van der Waals surface area contributed by atoms with Crippen molar-refractivity contribution in [3.63, 3.8) is 0 Å². The SMILES string of the molecule is Cc1nc(NCc2cnn(CC3CCC(C)(F)CC3)c2)nc2c1N(C)C(=O)C(C)N2C. The minimum absolute atomic E-state index is 0.0314. The van der Waals surface area contributed by atoms with Gasteiger partial charge in [0, 0.05) is 38.9 Å². The van der Waals surface area contributed by atoms with Crippen molar-refractivity contribution in [2.75, 3.05) is 29.2 Å². The standard InChI is InChI=1S/C22H32FN7O/c1-14-18-19(28(4)15(2)20(31)29(18)5)27-21(26-14)24-10-17-11-25-30(13-17)12-16-6-8-22(3,23)9-7-16/h11,13,15-16H,6-10,12H2,1-5H3,(H,24,26,27). The van der Waals surface area contributed by atoms with Crippen LogP contribution >= 0.6 is 0 Å². The molecule has 1 amide bonds. The average molecular weight is 430 g/mol. The van der Waals surface area contributed by atoms with Crippen molar-refractivity contribution in [3.05, 3.63) is 23.7 Å². The lowest BCUT2D eigenvalue weighted by molar-refractivity contribution is -0.119. The Kier molecular flexibility index (Phi) is 5.61. The van der Waals surface area contributed by atoms with Gasteiger partial charge in [0.2, 0.25) is 11.9 Å². The number of carbonyl (C=O) groups excluding carboxylic acids is 1. The second kappa shape index (κ2) is 8.09. The Hall–Kier alpha value is -2.71. The van der Waals surface area contributed by atoms with E-state index in [-0.39, 0.29) is 11.9 Å². The van der Waals surface area contributed by atoms with Crippen LogP contribution in [0.15, 0.2) is 12.4 Å². The Morgan fingerprint density at radius 2 is 1.97 bits per heavy atom. The summed E-state index contributed by atoms with van der Waals surface area (Å²) in [7, 11) is 3.65. The summed E-state index contributed by atoms with van der Waals surface area (Å²) in [6, 6.07) is -0.270. The number of likely N-dealkylation sites (N-methyl/N-ethyl adjacent to an activating group) is 2. The summed E-state index contributed by atoms with van der Waals surface area (Å²) in [5, 5.41) is 7.76. The Balaban J connectivity index is 1.40. The zero-order valence-electron chi connectivity index (χ0n) is 19.0. The molecule has 1 aliphatic carbocycles. The van der Waals surface area contributed by atoms with Crippen LogP contribution in [-0.4, -0.2) is 51.5 Å². The molecule has 2 aliphatic rings. The molecule has 2 aromatic heterocycles. The maximum Gasteiger partial charge on any atom is 0.249 e. The van der Waals surface area contributed by atoms with E-state index in [2.05, 4.69) is 20.4 Å². The molecule has 4 rings (SSSR count). The summed E-state index contributed by atoms with van der Waals surface area (Å²) >= 11 is 0. The van der Waals surface area contributed by atoms with Crippen LogP contribution in [0.1, 0.15) is 50.8 Å².